The lowest BCUT2D eigenvalue weighted by Crippen LogP contribution is -2.06. The fraction of sp³-hybridized carbons (Fsp3) is 0.120. The van der Waals surface area contributed by atoms with Crippen molar-refractivity contribution in [1.82, 2.24) is 14.5 Å². The van der Waals surface area contributed by atoms with Crippen LogP contribution in [0.5, 0.6) is 0 Å². The molecule has 0 bridgehead atoms. The molecule has 4 aromatic rings. The van der Waals surface area contributed by atoms with Crippen LogP contribution in [0.1, 0.15) is 28.5 Å². The number of ketones is 1. The number of pyridine rings is 2. The molecule has 32 heavy (non-hydrogen) atoms. The topological polar surface area (TPSA) is 83.6 Å². The highest BCUT2D eigenvalue weighted by atomic mass is 35.5. The van der Waals surface area contributed by atoms with Crippen LogP contribution < -0.4 is 5.32 Å². The maximum atomic E-state index is 12.4. The van der Waals surface area contributed by atoms with Gasteiger partial charge in [-0.15, -0.1) is 0 Å². The normalized spacial score (nSPS) is 10.6. The number of carbonyl (C=O) groups excluding carboxylic acids is 1. The number of hydrogen-bond acceptors (Lipinski definition) is 5. The minimum absolute atomic E-state index is 0.177. The number of terminal acetylenes is 1. The van der Waals surface area contributed by atoms with Gasteiger partial charge in [0.25, 0.3) is 0 Å². The smallest absolute Gasteiger partial charge is 0.163 e. The summed E-state index contributed by atoms with van der Waals surface area (Å²) in [6.07, 6.45) is 5.46. The SMILES string of the molecule is C#CNc1nc(-c2cc3cccc(C#N)c3n2C)c(-c2cc(C)nc(Cl)c2)cc1C(C)=O. The molecule has 0 aliphatic heterocycles. The monoisotopic (exact) mass is 439 g/mol. The van der Waals surface area contributed by atoms with Crippen molar-refractivity contribution in [3.05, 3.63) is 64.4 Å². The predicted octanol–water partition coefficient (Wildman–Crippen LogP) is 5.34. The molecule has 4 rings (SSSR count). The number of aryl methyl sites for hydroxylation is 2. The molecule has 3 heterocycles. The Kier molecular flexibility index (Phi) is 5.40. The van der Waals surface area contributed by atoms with E-state index in [0.717, 1.165) is 27.9 Å². The molecule has 0 atom stereocenters. The summed E-state index contributed by atoms with van der Waals surface area (Å²) in [6, 6.07) is 17.5. The number of nitrogens with one attached hydrogen (secondary N) is 1. The number of fused-ring (bicyclic) bond motifs is 1. The van der Waals surface area contributed by atoms with Crippen molar-refractivity contribution in [3.8, 4) is 41.1 Å². The molecular weight excluding hydrogens is 422 g/mol. The summed E-state index contributed by atoms with van der Waals surface area (Å²) in [4.78, 5) is 21.4. The van der Waals surface area contributed by atoms with E-state index in [1.165, 1.54) is 6.92 Å². The Hall–Kier alpha value is -4.13. The molecule has 0 fully saturated rings. The van der Waals surface area contributed by atoms with Gasteiger partial charge in [0.05, 0.1) is 28.0 Å². The number of anilines is 1. The molecule has 3 aromatic heterocycles. The summed E-state index contributed by atoms with van der Waals surface area (Å²) in [5.74, 6) is 0.116. The largest absolute Gasteiger partial charge is 0.341 e. The van der Waals surface area contributed by atoms with E-state index in [4.69, 9.17) is 23.0 Å². The molecule has 1 N–H and O–H groups in total. The second kappa shape index (κ2) is 8.19. The third kappa shape index (κ3) is 3.58. The van der Waals surface area contributed by atoms with Gasteiger partial charge in [-0.2, -0.15) is 5.26 Å². The number of rotatable bonds is 4. The van der Waals surface area contributed by atoms with E-state index >= 15 is 0 Å². The first kappa shape index (κ1) is 21.1. The molecule has 6 nitrogen and oxygen atoms in total. The molecule has 0 spiro atoms. The number of hydrogen-bond donors (Lipinski definition) is 1. The summed E-state index contributed by atoms with van der Waals surface area (Å²) in [5.41, 5.74) is 5.28. The van der Waals surface area contributed by atoms with Crippen molar-refractivity contribution < 1.29 is 4.79 Å². The second-order valence-electron chi connectivity index (χ2n) is 7.37. The lowest BCUT2D eigenvalue weighted by Gasteiger charge is -2.15. The zero-order valence-electron chi connectivity index (χ0n) is 17.7. The van der Waals surface area contributed by atoms with E-state index < -0.39 is 0 Å². The highest BCUT2D eigenvalue weighted by molar-refractivity contribution is 6.29. The summed E-state index contributed by atoms with van der Waals surface area (Å²) < 4.78 is 1.92. The van der Waals surface area contributed by atoms with Gasteiger partial charge in [-0.05, 0) is 49.7 Å². The molecule has 0 saturated carbocycles. The lowest BCUT2D eigenvalue weighted by molar-refractivity contribution is 0.101. The minimum Gasteiger partial charge on any atom is -0.341 e. The maximum Gasteiger partial charge on any atom is 0.163 e. The van der Waals surface area contributed by atoms with Crippen molar-refractivity contribution >= 4 is 34.1 Å². The van der Waals surface area contributed by atoms with Crippen LogP contribution in [0.2, 0.25) is 5.15 Å². The first-order valence-electron chi connectivity index (χ1n) is 9.75. The number of para-hydroxylation sites is 1. The number of Topliss-reactive ketones (excluding diaryl/α,β-unsaturated/α-hetero) is 1. The zero-order valence-corrected chi connectivity index (χ0v) is 18.4. The van der Waals surface area contributed by atoms with Crippen LogP contribution in [-0.4, -0.2) is 20.3 Å². The van der Waals surface area contributed by atoms with Crippen molar-refractivity contribution in [2.75, 3.05) is 5.32 Å². The van der Waals surface area contributed by atoms with Gasteiger partial charge >= 0.3 is 0 Å². The Balaban J connectivity index is 2.12. The third-order valence-corrected chi connectivity index (χ3v) is 5.44. The van der Waals surface area contributed by atoms with Crippen molar-refractivity contribution in [2.24, 2.45) is 7.05 Å². The van der Waals surface area contributed by atoms with Crippen LogP contribution in [0.15, 0.2) is 42.5 Å². The van der Waals surface area contributed by atoms with Crippen LogP contribution in [0.25, 0.3) is 33.4 Å². The van der Waals surface area contributed by atoms with E-state index in [9.17, 15) is 10.1 Å². The van der Waals surface area contributed by atoms with Crippen LogP contribution >= 0.6 is 11.6 Å². The summed E-state index contributed by atoms with van der Waals surface area (Å²) in [6.45, 7) is 3.31. The van der Waals surface area contributed by atoms with Crippen molar-refractivity contribution in [1.29, 1.82) is 5.26 Å². The average molecular weight is 440 g/mol. The van der Waals surface area contributed by atoms with Crippen LogP contribution in [-0.2, 0) is 7.05 Å². The molecule has 0 aliphatic carbocycles. The quantitative estimate of drug-likeness (QED) is 0.201. The van der Waals surface area contributed by atoms with E-state index in [-0.39, 0.29) is 5.78 Å². The zero-order chi connectivity index (χ0) is 23.0. The molecule has 1 aromatic carbocycles. The highest BCUT2D eigenvalue weighted by Gasteiger charge is 2.21. The van der Waals surface area contributed by atoms with Gasteiger partial charge in [-0.1, -0.05) is 30.2 Å². The van der Waals surface area contributed by atoms with Crippen LogP contribution in [0.4, 0.5) is 5.82 Å². The number of nitriles is 1. The van der Waals surface area contributed by atoms with Gasteiger partial charge in [-0.3, -0.25) is 10.1 Å². The fourth-order valence-electron chi connectivity index (χ4n) is 3.88. The summed E-state index contributed by atoms with van der Waals surface area (Å²) in [5, 5.41) is 13.6. The maximum absolute atomic E-state index is 12.4. The second-order valence-corrected chi connectivity index (χ2v) is 7.76. The fourth-order valence-corrected chi connectivity index (χ4v) is 4.13. The number of carbonyl (C=O) groups is 1. The van der Waals surface area contributed by atoms with Gasteiger partial charge < -0.3 is 4.57 Å². The Morgan fingerprint density at radius 3 is 2.66 bits per heavy atom. The molecule has 0 radical (unpaired) electrons. The Labute approximate surface area is 190 Å². The van der Waals surface area contributed by atoms with Gasteiger partial charge in [0.2, 0.25) is 0 Å². The van der Waals surface area contributed by atoms with Gasteiger partial charge in [0.1, 0.15) is 17.0 Å². The van der Waals surface area contributed by atoms with Gasteiger partial charge in [-0.25, -0.2) is 9.97 Å². The Morgan fingerprint density at radius 2 is 2.00 bits per heavy atom. The number of benzene rings is 1. The molecule has 7 heteroatoms. The van der Waals surface area contributed by atoms with Crippen LogP contribution in [0, 0.1) is 30.7 Å². The lowest BCUT2D eigenvalue weighted by atomic mass is 9.98. The first-order valence-corrected chi connectivity index (χ1v) is 10.1. The van der Waals surface area contributed by atoms with Crippen molar-refractivity contribution in [2.45, 2.75) is 13.8 Å². The Bertz CT molecular complexity index is 1470. The Morgan fingerprint density at radius 1 is 1.22 bits per heavy atom. The van der Waals surface area contributed by atoms with Gasteiger partial charge in [0.15, 0.2) is 5.78 Å². The van der Waals surface area contributed by atoms with Crippen molar-refractivity contribution in [3.63, 3.8) is 0 Å². The standard InChI is InChI=1S/C25H18ClN5O/c1-5-28-25-19(15(3)32)12-20(18-9-14(2)29-22(26)11-18)23(30-25)21-10-16-7-6-8-17(13-27)24(16)31(21)4/h1,6-12H,2-4H3,(H,28,30). The predicted molar refractivity (Wildman–Crippen MR) is 126 cm³/mol. The van der Waals surface area contributed by atoms with Crippen LogP contribution in [0.3, 0.4) is 0 Å². The highest BCUT2D eigenvalue weighted by Crippen LogP contribution is 2.37. The number of aromatic nitrogens is 3. The molecular formula is C25H18ClN5O. The average Bonchev–Trinajstić information content (AvgIpc) is 3.09. The van der Waals surface area contributed by atoms with E-state index in [1.807, 2.05) is 42.8 Å². The third-order valence-electron chi connectivity index (χ3n) is 5.24. The molecule has 156 valence electrons. The van der Waals surface area contributed by atoms with E-state index in [1.54, 1.807) is 18.2 Å². The van der Waals surface area contributed by atoms with E-state index in [2.05, 4.69) is 22.4 Å². The molecule has 0 unspecified atom stereocenters. The number of nitrogens with zero attached hydrogens (tertiary/aromatic N) is 4. The van der Waals surface area contributed by atoms with Gasteiger partial charge in [0, 0.05) is 29.7 Å². The first-order chi connectivity index (χ1) is 15.3. The minimum atomic E-state index is -0.177. The molecule has 0 aliphatic rings. The molecule has 0 saturated heterocycles. The van der Waals surface area contributed by atoms with E-state index in [0.29, 0.717) is 33.4 Å². The summed E-state index contributed by atoms with van der Waals surface area (Å²) in [7, 11) is 1.88. The number of halogens is 1. The molecule has 0 amide bonds. The summed E-state index contributed by atoms with van der Waals surface area (Å²) >= 11 is 6.24.